The van der Waals surface area contributed by atoms with Crippen molar-refractivity contribution in [3.05, 3.63) is 59.6 Å². The molecule has 0 aliphatic heterocycles. The number of methoxy groups -OCH3 is 2. The summed E-state index contributed by atoms with van der Waals surface area (Å²) in [5, 5.41) is 7.51. The maximum absolute atomic E-state index is 12.5. The molecular formula is C19H19ClN4O3. The number of aromatic nitrogens is 3. The van der Waals surface area contributed by atoms with Gasteiger partial charge in [0.15, 0.2) is 0 Å². The molecule has 1 aromatic heterocycles. The molecule has 0 aliphatic rings. The van der Waals surface area contributed by atoms with Crippen molar-refractivity contribution < 1.29 is 14.3 Å². The minimum absolute atomic E-state index is 0.150. The summed E-state index contributed by atoms with van der Waals surface area (Å²) in [5.74, 6) is 1.28. The second-order valence-corrected chi connectivity index (χ2v) is 6.16. The van der Waals surface area contributed by atoms with Crippen LogP contribution in [0.3, 0.4) is 0 Å². The predicted octanol–water partition coefficient (Wildman–Crippen LogP) is 3.51. The first-order valence-corrected chi connectivity index (χ1v) is 8.64. The fraction of sp³-hybridized carbons (Fsp3) is 0.211. The topological polar surface area (TPSA) is 78.3 Å². The first-order chi connectivity index (χ1) is 13.1. The number of carbonyl (C=O) groups excluding carboxylic acids is 1. The van der Waals surface area contributed by atoms with E-state index in [0.29, 0.717) is 22.8 Å². The number of halogens is 1. The van der Waals surface area contributed by atoms with E-state index in [0.717, 1.165) is 17.1 Å². The SMILES string of the molecule is COc1ccc(OC)c(CCC(=O)Nc2cc(Cl)ccc2-n2cncn2)c1. The summed E-state index contributed by atoms with van der Waals surface area (Å²) >= 11 is 6.08. The van der Waals surface area contributed by atoms with Crippen molar-refractivity contribution in [1.82, 2.24) is 14.8 Å². The van der Waals surface area contributed by atoms with Gasteiger partial charge in [0, 0.05) is 11.4 Å². The molecule has 140 valence electrons. The van der Waals surface area contributed by atoms with Crippen LogP contribution in [0.25, 0.3) is 5.69 Å². The van der Waals surface area contributed by atoms with Gasteiger partial charge in [0.25, 0.3) is 0 Å². The molecule has 0 unspecified atom stereocenters. The summed E-state index contributed by atoms with van der Waals surface area (Å²) in [6, 6.07) is 10.7. The second-order valence-electron chi connectivity index (χ2n) is 5.73. The molecule has 7 nitrogen and oxygen atoms in total. The Morgan fingerprint density at radius 3 is 2.74 bits per heavy atom. The Labute approximate surface area is 161 Å². The highest BCUT2D eigenvalue weighted by Crippen LogP contribution is 2.26. The Kier molecular flexibility index (Phi) is 5.93. The number of nitrogens with zero attached hydrogens (tertiary/aromatic N) is 3. The van der Waals surface area contributed by atoms with Gasteiger partial charge in [-0.3, -0.25) is 4.79 Å². The van der Waals surface area contributed by atoms with Gasteiger partial charge in [-0.15, -0.1) is 0 Å². The zero-order valence-corrected chi connectivity index (χ0v) is 15.7. The monoisotopic (exact) mass is 386 g/mol. The van der Waals surface area contributed by atoms with Gasteiger partial charge in [-0.05, 0) is 48.4 Å². The molecule has 8 heteroatoms. The molecular weight excluding hydrogens is 368 g/mol. The Bertz CT molecular complexity index is 929. The van der Waals surface area contributed by atoms with Gasteiger partial charge in [-0.25, -0.2) is 9.67 Å². The van der Waals surface area contributed by atoms with E-state index in [1.165, 1.54) is 6.33 Å². The lowest BCUT2D eigenvalue weighted by Crippen LogP contribution is -2.14. The van der Waals surface area contributed by atoms with Crippen LogP contribution in [-0.2, 0) is 11.2 Å². The molecule has 1 heterocycles. The zero-order chi connectivity index (χ0) is 19.2. The third kappa shape index (κ3) is 4.57. The number of nitrogens with one attached hydrogen (secondary N) is 1. The maximum Gasteiger partial charge on any atom is 0.224 e. The largest absolute Gasteiger partial charge is 0.497 e. The van der Waals surface area contributed by atoms with E-state index in [9.17, 15) is 4.79 Å². The summed E-state index contributed by atoms with van der Waals surface area (Å²) in [7, 11) is 3.20. The Balaban J connectivity index is 1.73. The summed E-state index contributed by atoms with van der Waals surface area (Å²) in [6.07, 6.45) is 3.76. The first kappa shape index (κ1) is 18.7. The van der Waals surface area contributed by atoms with E-state index >= 15 is 0 Å². The van der Waals surface area contributed by atoms with Crippen molar-refractivity contribution in [3.63, 3.8) is 0 Å². The lowest BCUT2D eigenvalue weighted by atomic mass is 10.1. The van der Waals surface area contributed by atoms with Gasteiger partial charge >= 0.3 is 0 Å². The van der Waals surface area contributed by atoms with Crippen molar-refractivity contribution in [2.24, 2.45) is 0 Å². The third-order valence-corrected chi connectivity index (χ3v) is 4.24. The average Bonchev–Trinajstić information content (AvgIpc) is 3.20. The zero-order valence-electron chi connectivity index (χ0n) is 15.0. The van der Waals surface area contributed by atoms with E-state index < -0.39 is 0 Å². The third-order valence-electron chi connectivity index (χ3n) is 4.01. The summed E-state index contributed by atoms with van der Waals surface area (Å²) in [6.45, 7) is 0. The van der Waals surface area contributed by atoms with Crippen LogP contribution in [0.2, 0.25) is 5.02 Å². The maximum atomic E-state index is 12.5. The van der Waals surface area contributed by atoms with Crippen molar-refractivity contribution in [3.8, 4) is 17.2 Å². The molecule has 0 fully saturated rings. The van der Waals surface area contributed by atoms with Gasteiger partial charge in [0.1, 0.15) is 24.2 Å². The van der Waals surface area contributed by atoms with Crippen LogP contribution in [0.4, 0.5) is 5.69 Å². The molecule has 3 aromatic rings. The summed E-state index contributed by atoms with van der Waals surface area (Å²) < 4.78 is 12.2. The first-order valence-electron chi connectivity index (χ1n) is 8.26. The van der Waals surface area contributed by atoms with Crippen LogP contribution < -0.4 is 14.8 Å². The smallest absolute Gasteiger partial charge is 0.224 e. The van der Waals surface area contributed by atoms with Crippen molar-refractivity contribution in [1.29, 1.82) is 0 Å². The quantitative estimate of drug-likeness (QED) is 0.672. The number of rotatable bonds is 7. The standard InChI is InChI=1S/C19H19ClN4O3/c1-26-15-5-7-18(27-2)13(9-15)3-8-19(25)23-16-10-14(20)4-6-17(16)24-12-21-11-22-24/h4-7,9-12H,3,8H2,1-2H3,(H,23,25). The van der Waals surface area contributed by atoms with E-state index in [-0.39, 0.29) is 12.3 Å². The van der Waals surface area contributed by atoms with Gasteiger partial charge in [0.05, 0.1) is 25.6 Å². The Morgan fingerprint density at radius 1 is 1.19 bits per heavy atom. The van der Waals surface area contributed by atoms with Crippen LogP contribution >= 0.6 is 11.6 Å². The molecule has 0 saturated heterocycles. The van der Waals surface area contributed by atoms with Crippen molar-refractivity contribution in [2.75, 3.05) is 19.5 Å². The van der Waals surface area contributed by atoms with Crippen LogP contribution in [0.15, 0.2) is 49.1 Å². The van der Waals surface area contributed by atoms with Crippen LogP contribution in [0.1, 0.15) is 12.0 Å². The van der Waals surface area contributed by atoms with Gasteiger partial charge < -0.3 is 14.8 Å². The molecule has 0 atom stereocenters. The van der Waals surface area contributed by atoms with Crippen LogP contribution in [0.5, 0.6) is 11.5 Å². The van der Waals surface area contributed by atoms with E-state index in [2.05, 4.69) is 15.4 Å². The molecule has 1 N–H and O–H groups in total. The predicted molar refractivity (Wildman–Crippen MR) is 103 cm³/mol. The number of anilines is 1. The number of benzene rings is 2. The molecule has 0 spiro atoms. The molecule has 3 rings (SSSR count). The number of carbonyl (C=O) groups is 1. The van der Waals surface area contributed by atoms with Crippen LogP contribution in [-0.4, -0.2) is 34.9 Å². The van der Waals surface area contributed by atoms with Gasteiger partial charge in [-0.1, -0.05) is 11.6 Å². The molecule has 0 radical (unpaired) electrons. The normalized spacial score (nSPS) is 10.5. The number of amides is 1. The molecule has 0 aliphatic carbocycles. The Morgan fingerprint density at radius 2 is 2.04 bits per heavy atom. The van der Waals surface area contributed by atoms with E-state index in [1.807, 2.05) is 18.2 Å². The summed E-state index contributed by atoms with van der Waals surface area (Å²) in [4.78, 5) is 16.4. The van der Waals surface area contributed by atoms with Crippen molar-refractivity contribution >= 4 is 23.2 Å². The van der Waals surface area contributed by atoms with Crippen LogP contribution in [0, 0.1) is 0 Å². The number of ether oxygens (including phenoxy) is 2. The summed E-state index contributed by atoms with van der Waals surface area (Å²) in [5.41, 5.74) is 2.15. The fourth-order valence-electron chi connectivity index (χ4n) is 2.68. The minimum atomic E-state index is -0.150. The molecule has 0 bridgehead atoms. The lowest BCUT2D eigenvalue weighted by Gasteiger charge is -2.13. The van der Waals surface area contributed by atoms with E-state index in [4.69, 9.17) is 21.1 Å². The highest BCUT2D eigenvalue weighted by atomic mass is 35.5. The second kappa shape index (κ2) is 8.55. The van der Waals surface area contributed by atoms with Gasteiger partial charge in [-0.2, -0.15) is 5.10 Å². The molecule has 2 aromatic carbocycles. The fourth-order valence-corrected chi connectivity index (χ4v) is 2.85. The highest BCUT2D eigenvalue weighted by Gasteiger charge is 2.12. The minimum Gasteiger partial charge on any atom is -0.497 e. The number of hydrogen-bond donors (Lipinski definition) is 1. The lowest BCUT2D eigenvalue weighted by molar-refractivity contribution is -0.116. The number of hydrogen-bond acceptors (Lipinski definition) is 5. The van der Waals surface area contributed by atoms with Gasteiger partial charge in [0.2, 0.25) is 5.91 Å². The highest BCUT2D eigenvalue weighted by molar-refractivity contribution is 6.31. The van der Waals surface area contributed by atoms with E-state index in [1.54, 1.807) is 43.4 Å². The molecule has 27 heavy (non-hydrogen) atoms. The Hall–Kier alpha value is -3.06. The molecule has 1 amide bonds. The average molecular weight is 387 g/mol. The molecule has 0 saturated carbocycles. The number of aryl methyl sites for hydroxylation is 1. The van der Waals surface area contributed by atoms with Crippen molar-refractivity contribution in [2.45, 2.75) is 12.8 Å².